The molecule has 0 radical (unpaired) electrons. The molecule has 1 amide bonds. The first kappa shape index (κ1) is 18.0. The molecule has 0 aliphatic carbocycles. The van der Waals surface area contributed by atoms with Gasteiger partial charge in [0.25, 0.3) is 11.7 Å². The number of nitrogens with one attached hydrogen (secondary N) is 1. The summed E-state index contributed by atoms with van der Waals surface area (Å²) in [5.41, 5.74) is 2.72. The van der Waals surface area contributed by atoms with Crippen molar-refractivity contribution >= 4 is 28.2 Å². The molecule has 0 aromatic carbocycles. The van der Waals surface area contributed by atoms with Crippen LogP contribution in [0.3, 0.4) is 0 Å². The number of hydrogen-bond acceptors (Lipinski definition) is 7. The SMILES string of the molecule is Cc1cc(C)n2nc(C(=O)Nc3nc(CN4CCC[C@H](C)C4)cs3)nc2n1. The van der Waals surface area contributed by atoms with Crippen LogP contribution in [0.2, 0.25) is 0 Å². The maximum atomic E-state index is 12.5. The predicted octanol–water partition coefficient (Wildman–Crippen LogP) is 2.68. The fourth-order valence-electron chi connectivity index (χ4n) is 3.51. The van der Waals surface area contributed by atoms with Gasteiger partial charge in [-0.2, -0.15) is 4.98 Å². The van der Waals surface area contributed by atoms with E-state index in [0.29, 0.717) is 10.9 Å². The Balaban J connectivity index is 1.44. The third kappa shape index (κ3) is 3.98. The van der Waals surface area contributed by atoms with Crippen molar-refractivity contribution < 1.29 is 4.79 Å². The van der Waals surface area contributed by atoms with Gasteiger partial charge in [0.05, 0.1) is 5.69 Å². The summed E-state index contributed by atoms with van der Waals surface area (Å²) in [4.78, 5) is 28.0. The highest BCUT2D eigenvalue weighted by Gasteiger charge is 2.19. The summed E-state index contributed by atoms with van der Waals surface area (Å²) in [6, 6.07) is 1.90. The van der Waals surface area contributed by atoms with Gasteiger partial charge in [0.2, 0.25) is 5.82 Å². The van der Waals surface area contributed by atoms with Gasteiger partial charge in [-0.3, -0.25) is 15.0 Å². The molecule has 0 saturated carbocycles. The van der Waals surface area contributed by atoms with Crippen LogP contribution >= 0.6 is 11.3 Å². The molecule has 4 heterocycles. The second-order valence-electron chi connectivity index (χ2n) is 7.27. The molecule has 1 N–H and O–H groups in total. The topological polar surface area (TPSA) is 88.3 Å². The number of aromatic nitrogens is 5. The summed E-state index contributed by atoms with van der Waals surface area (Å²) in [6.07, 6.45) is 2.54. The lowest BCUT2D eigenvalue weighted by atomic mass is 10.0. The van der Waals surface area contributed by atoms with Crippen molar-refractivity contribution in [2.24, 2.45) is 5.92 Å². The van der Waals surface area contributed by atoms with Gasteiger partial charge >= 0.3 is 0 Å². The van der Waals surface area contributed by atoms with Crippen LogP contribution in [0.1, 0.15) is 47.5 Å². The lowest BCUT2D eigenvalue weighted by Crippen LogP contribution is -2.33. The Kier molecular flexibility index (Phi) is 4.88. The number of carbonyl (C=O) groups is 1. The molecule has 8 nitrogen and oxygen atoms in total. The lowest BCUT2D eigenvalue weighted by molar-refractivity contribution is 0.101. The van der Waals surface area contributed by atoms with E-state index in [9.17, 15) is 4.79 Å². The van der Waals surface area contributed by atoms with Crippen LogP contribution in [0.5, 0.6) is 0 Å². The summed E-state index contributed by atoms with van der Waals surface area (Å²) in [5.74, 6) is 0.887. The number of thiazole rings is 1. The average molecular weight is 385 g/mol. The molecule has 1 aliphatic rings. The van der Waals surface area contributed by atoms with Gasteiger partial charge in [-0.1, -0.05) is 6.92 Å². The summed E-state index contributed by atoms with van der Waals surface area (Å²) in [5, 5.41) is 9.63. The van der Waals surface area contributed by atoms with E-state index in [4.69, 9.17) is 0 Å². The number of piperidine rings is 1. The Morgan fingerprint density at radius 1 is 1.33 bits per heavy atom. The maximum absolute atomic E-state index is 12.5. The molecule has 3 aromatic heterocycles. The van der Waals surface area contributed by atoms with Crippen LogP contribution < -0.4 is 5.32 Å². The van der Waals surface area contributed by atoms with Gasteiger partial charge in [0.1, 0.15) is 0 Å². The van der Waals surface area contributed by atoms with E-state index >= 15 is 0 Å². The van der Waals surface area contributed by atoms with Gasteiger partial charge in [-0.05, 0) is 45.2 Å². The lowest BCUT2D eigenvalue weighted by Gasteiger charge is -2.30. The second kappa shape index (κ2) is 7.32. The standard InChI is InChI=1S/C18H23N7OS/c1-11-5-4-6-24(8-11)9-14-10-27-18(20-14)22-16(26)15-21-17-19-12(2)7-13(3)25(17)23-15/h7,10-11H,4-6,8-9H2,1-3H3,(H,20,22,26)/t11-/m0/s1. The second-order valence-corrected chi connectivity index (χ2v) is 8.12. The third-order valence-corrected chi connectivity index (χ3v) is 5.53. The molecule has 3 aromatic rings. The van der Waals surface area contributed by atoms with E-state index in [0.717, 1.165) is 42.6 Å². The van der Waals surface area contributed by atoms with Gasteiger partial charge in [0.15, 0.2) is 5.13 Å². The van der Waals surface area contributed by atoms with Crippen molar-refractivity contribution in [3.63, 3.8) is 0 Å². The minimum absolute atomic E-state index is 0.0952. The van der Waals surface area contributed by atoms with Crippen LogP contribution in [0.25, 0.3) is 5.78 Å². The van der Waals surface area contributed by atoms with Crippen LogP contribution in [0.4, 0.5) is 5.13 Å². The van der Waals surface area contributed by atoms with E-state index in [1.54, 1.807) is 4.52 Å². The van der Waals surface area contributed by atoms with E-state index in [1.807, 2.05) is 25.3 Å². The molecule has 1 aliphatic heterocycles. The van der Waals surface area contributed by atoms with Crippen molar-refractivity contribution in [2.75, 3.05) is 18.4 Å². The first-order chi connectivity index (χ1) is 13.0. The Labute approximate surface area is 161 Å². The number of rotatable bonds is 4. The van der Waals surface area contributed by atoms with E-state index in [2.05, 4.69) is 37.2 Å². The number of fused-ring (bicyclic) bond motifs is 1. The van der Waals surface area contributed by atoms with Crippen LogP contribution in [-0.4, -0.2) is 48.5 Å². The monoisotopic (exact) mass is 385 g/mol. The number of aryl methyl sites for hydroxylation is 2. The molecule has 9 heteroatoms. The van der Waals surface area contributed by atoms with Crippen LogP contribution in [0, 0.1) is 19.8 Å². The Morgan fingerprint density at radius 3 is 3.00 bits per heavy atom. The molecular formula is C18H23N7OS. The maximum Gasteiger partial charge on any atom is 0.297 e. The zero-order chi connectivity index (χ0) is 19.0. The summed E-state index contributed by atoms with van der Waals surface area (Å²) >= 11 is 1.43. The van der Waals surface area contributed by atoms with Crippen molar-refractivity contribution in [3.05, 3.63) is 34.4 Å². The molecule has 142 valence electrons. The Hall–Kier alpha value is -2.39. The molecule has 0 bridgehead atoms. The van der Waals surface area contributed by atoms with Gasteiger partial charge < -0.3 is 0 Å². The van der Waals surface area contributed by atoms with Crippen molar-refractivity contribution in [2.45, 2.75) is 40.2 Å². The predicted molar refractivity (Wildman–Crippen MR) is 104 cm³/mol. The van der Waals surface area contributed by atoms with Crippen molar-refractivity contribution in [1.29, 1.82) is 0 Å². The first-order valence-corrected chi connectivity index (χ1v) is 10.0. The molecule has 0 unspecified atom stereocenters. The Morgan fingerprint density at radius 2 is 2.19 bits per heavy atom. The highest BCUT2D eigenvalue weighted by Crippen LogP contribution is 2.21. The fourth-order valence-corrected chi connectivity index (χ4v) is 4.21. The average Bonchev–Trinajstić information content (AvgIpc) is 3.22. The van der Waals surface area contributed by atoms with Crippen molar-refractivity contribution in [3.8, 4) is 0 Å². The molecule has 4 rings (SSSR count). The largest absolute Gasteiger partial charge is 0.297 e. The Bertz CT molecular complexity index is 979. The highest BCUT2D eigenvalue weighted by molar-refractivity contribution is 7.13. The van der Waals surface area contributed by atoms with Gasteiger partial charge in [-0.25, -0.2) is 14.5 Å². The highest BCUT2D eigenvalue weighted by atomic mass is 32.1. The minimum Gasteiger partial charge on any atom is -0.297 e. The molecule has 1 atom stereocenters. The molecule has 1 saturated heterocycles. The van der Waals surface area contributed by atoms with Gasteiger partial charge in [0, 0.05) is 29.9 Å². The number of anilines is 1. The van der Waals surface area contributed by atoms with Crippen LogP contribution in [-0.2, 0) is 6.54 Å². The minimum atomic E-state index is -0.370. The summed E-state index contributed by atoms with van der Waals surface area (Å²) in [6.45, 7) is 9.13. The number of nitrogens with zero attached hydrogens (tertiary/aromatic N) is 6. The summed E-state index contributed by atoms with van der Waals surface area (Å²) < 4.78 is 1.58. The first-order valence-electron chi connectivity index (χ1n) is 9.17. The van der Waals surface area contributed by atoms with E-state index < -0.39 is 0 Å². The summed E-state index contributed by atoms with van der Waals surface area (Å²) in [7, 11) is 0. The quantitative estimate of drug-likeness (QED) is 0.743. The smallest absolute Gasteiger partial charge is 0.297 e. The molecule has 0 spiro atoms. The molecular weight excluding hydrogens is 362 g/mol. The normalized spacial score (nSPS) is 18.1. The third-order valence-electron chi connectivity index (χ3n) is 4.72. The van der Waals surface area contributed by atoms with Gasteiger partial charge in [-0.15, -0.1) is 16.4 Å². The molecule has 1 fully saturated rings. The van der Waals surface area contributed by atoms with E-state index in [1.165, 1.54) is 24.2 Å². The number of carbonyl (C=O) groups excluding carboxylic acids is 1. The fraction of sp³-hybridized carbons (Fsp3) is 0.500. The van der Waals surface area contributed by atoms with Crippen LogP contribution in [0.15, 0.2) is 11.4 Å². The zero-order valence-corrected chi connectivity index (χ0v) is 16.6. The zero-order valence-electron chi connectivity index (χ0n) is 15.8. The number of amides is 1. The molecule has 27 heavy (non-hydrogen) atoms. The van der Waals surface area contributed by atoms with E-state index in [-0.39, 0.29) is 11.7 Å². The number of hydrogen-bond donors (Lipinski definition) is 1. The number of likely N-dealkylation sites (tertiary alicyclic amines) is 1. The van der Waals surface area contributed by atoms with Crippen molar-refractivity contribution in [1.82, 2.24) is 29.5 Å².